The van der Waals surface area contributed by atoms with Gasteiger partial charge in [0.15, 0.2) is 0 Å². The molecule has 1 saturated heterocycles. The monoisotopic (exact) mass is 274 g/mol. The molecule has 20 heavy (non-hydrogen) atoms. The quantitative estimate of drug-likeness (QED) is 0.801. The van der Waals surface area contributed by atoms with E-state index in [2.05, 4.69) is 12.1 Å². The summed E-state index contributed by atoms with van der Waals surface area (Å²) >= 11 is 0. The smallest absolute Gasteiger partial charge is 0.410 e. The van der Waals surface area contributed by atoms with Gasteiger partial charge in [-0.05, 0) is 50.8 Å². The number of hydrogen-bond acceptors (Lipinski definition) is 3. The second-order valence-electron chi connectivity index (χ2n) is 7.04. The Morgan fingerprint density at radius 1 is 1.35 bits per heavy atom. The number of carbonyl (C=O) groups excluding carboxylic acids is 1. The van der Waals surface area contributed by atoms with Gasteiger partial charge in [-0.2, -0.15) is 0 Å². The number of nitrogen functional groups attached to an aromatic ring is 1. The van der Waals surface area contributed by atoms with Crippen molar-refractivity contribution in [2.24, 2.45) is 5.92 Å². The van der Waals surface area contributed by atoms with Crippen LogP contribution in [0.5, 0.6) is 0 Å². The molecule has 3 rings (SSSR count). The second-order valence-corrected chi connectivity index (χ2v) is 7.04. The van der Waals surface area contributed by atoms with Gasteiger partial charge in [-0.1, -0.05) is 12.1 Å². The lowest BCUT2D eigenvalue weighted by molar-refractivity contribution is 0.0270. The molecule has 0 spiro atoms. The number of likely N-dealkylation sites (tertiary alicyclic amines) is 1. The molecule has 0 bridgehead atoms. The number of anilines is 1. The molecule has 1 saturated carbocycles. The number of nitrogens with two attached hydrogens (primary N) is 1. The number of amides is 1. The largest absolute Gasteiger partial charge is 0.444 e. The number of fused-ring (bicyclic) bond motifs is 1. The fourth-order valence-corrected chi connectivity index (χ4v) is 3.21. The number of hydrogen-bond donors (Lipinski definition) is 1. The molecule has 4 nitrogen and oxygen atoms in total. The van der Waals surface area contributed by atoms with Gasteiger partial charge < -0.3 is 15.4 Å². The summed E-state index contributed by atoms with van der Waals surface area (Å²) in [5.41, 5.74) is 7.53. The molecule has 1 unspecified atom stereocenters. The maximum absolute atomic E-state index is 12.1. The predicted octanol–water partition coefficient (Wildman–Crippen LogP) is 2.78. The van der Waals surface area contributed by atoms with Crippen molar-refractivity contribution in [2.45, 2.75) is 38.2 Å². The van der Waals surface area contributed by atoms with E-state index in [4.69, 9.17) is 10.5 Å². The number of rotatable bonds is 1. The van der Waals surface area contributed by atoms with E-state index >= 15 is 0 Å². The zero-order valence-corrected chi connectivity index (χ0v) is 12.3. The Hall–Kier alpha value is -1.71. The van der Waals surface area contributed by atoms with Gasteiger partial charge in [0.1, 0.15) is 5.60 Å². The van der Waals surface area contributed by atoms with Crippen LogP contribution in [0.2, 0.25) is 0 Å². The van der Waals surface area contributed by atoms with Gasteiger partial charge in [-0.3, -0.25) is 0 Å². The minimum absolute atomic E-state index is 0.143. The predicted molar refractivity (Wildman–Crippen MR) is 78.4 cm³/mol. The van der Waals surface area contributed by atoms with E-state index in [9.17, 15) is 4.79 Å². The SMILES string of the molecule is CC(C)(C)OC(=O)N1C[C@H]2CC2(c2ccc(N)cc2)C1. The number of carbonyl (C=O) groups is 1. The van der Waals surface area contributed by atoms with Crippen LogP contribution in [0, 0.1) is 5.92 Å². The Bertz CT molecular complexity index is 532. The molecule has 1 heterocycles. The summed E-state index contributed by atoms with van der Waals surface area (Å²) in [6.45, 7) is 7.27. The van der Waals surface area contributed by atoms with E-state index in [1.165, 1.54) is 5.56 Å². The van der Waals surface area contributed by atoms with Gasteiger partial charge in [0, 0.05) is 24.2 Å². The minimum Gasteiger partial charge on any atom is -0.444 e. The molecule has 1 aromatic carbocycles. The lowest BCUT2D eigenvalue weighted by Crippen LogP contribution is -2.37. The van der Waals surface area contributed by atoms with Crippen molar-refractivity contribution >= 4 is 11.8 Å². The van der Waals surface area contributed by atoms with Crippen LogP contribution in [0.3, 0.4) is 0 Å². The topological polar surface area (TPSA) is 55.6 Å². The Balaban J connectivity index is 1.71. The van der Waals surface area contributed by atoms with Crippen molar-refractivity contribution in [2.75, 3.05) is 18.8 Å². The molecule has 2 fully saturated rings. The zero-order chi connectivity index (χ0) is 14.5. The highest BCUT2D eigenvalue weighted by Crippen LogP contribution is 2.59. The van der Waals surface area contributed by atoms with Crippen molar-refractivity contribution < 1.29 is 9.53 Å². The third kappa shape index (κ3) is 2.23. The van der Waals surface area contributed by atoms with Crippen molar-refractivity contribution in [1.82, 2.24) is 4.90 Å². The van der Waals surface area contributed by atoms with Crippen LogP contribution >= 0.6 is 0 Å². The summed E-state index contributed by atoms with van der Waals surface area (Å²) in [6.07, 6.45) is 0.968. The van der Waals surface area contributed by atoms with Crippen LogP contribution in [-0.4, -0.2) is 29.7 Å². The van der Waals surface area contributed by atoms with E-state index < -0.39 is 5.60 Å². The van der Waals surface area contributed by atoms with Crippen LogP contribution in [0.4, 0.5) is 10.5 Å². The summed E-state index contributed by atoms with van der Waals surface area (Å²) < 4.78 is 5.46. The average molecular weight is 274 g/mol. The molecule has 2 aliphatic rings. The second kappa shape index (κ2) is 4.14. The first-order chi connectivity index (χ1) is 9.30. The third-order valence-electron chi connectivity index (χ3n) is 4.28. The standard InChI is InChI=1S/C16H22N2O2/c1-15(2,3)20-14(19)18-9-12-8-16(12,10-18)11-4-6-13(17)7-5-11/h4-7,12H,8-10,17H2,1-3H3/t12-,16?/m1/s1. The van der Waals surface area contributed by atoms with E-state index in [1.54, 1.807) is 0 Å². The van der Waals surface area contributed by atoms with Gasteiger partial charge in [-0.25, -0.2) is 4.79 Å². The van der Waals surface area contributed by atoms with Gasteiger partial charge >= 0.3 is 6.09 Å². The Labute approximate surface area is 119 Å². The van der Waals surface area contributed by atoms with Gasteiger partial charge in [0.2, 0.25) is 0 Å². The highest BCUT2D eigenvalue weighted by Gasteiger charge is 2.62. The molecule has 1 amide bonds. The summed E-state index contributed by atoms with van der Waals surface area (Å²) in [4.78, 5) is 14.0. The number of piperidine rings is 1. The van der Waals surface area contributed by atoms with Crippen LogP contribution in [0.1, 0.15) is 32.8 Å². The maximum Gasteiger partial charge on any atom is 0.410 e. The first-order valence-corrected chi connectivity index (χ1v) is 7.14. The number of ether oxygens (including phenoxy) is 1. The summed E-state index contributed by atoms with van der Waals surface area (Å²) in [5.74, 6) is 0.568. The molecule has 0 aromatic heterocycles. The lowest BCUT2D eigenvalue weighted by atomic mass is 9.95. The van der Waals surface area contributed by atoms with Crippen molar-refractivity contribution in [3.05, 3.63) is 29.8 Å². The maximum atomic E-state index is 12.1. The van der Waals surface area contributed by atoms with Crippen LogP contribution in [0.25, 0.3) is 0 Å². The van der Waals surface area contributed by atoms with E-state index in [0.29, 0.717) is 5.92 Å². The summed E-state index contributed by atoms with van der Waals surface area (Å²) in [5, 5.41) is 0. The van der Waals surface area contributed by atoms with Gasteiger partial charge in [0.05, 0.1) is 0 Å². The summed E-state index contributed by atoms with van der Waals surface area (Å²) in [7, 11) is 0. The molecule has 1 aliphatic heterocycles. The molecule has 2 atom stereocenters. The van der Waals surface area contributed by atoms with Gasteiger partial charge in [0.25, 0.3) is 0 Å². The Morgan fingerprint density at radius 2 is 2.00 bits per heavy atom. The van der Waals surface area contributed by atoms with Crippen molar-refractivity contribution in [1.29, 1.82) is 0 Å². The molecular weight excluding hydrogens is 252 g/mol. The fourth-order valence-electron chi connectivity index (χ4n) is 3.21. The molecule has 0 radical (unpaired) electrons. The summed E-state index contributed by atoms with van der Waals surface area (Å²) in [6, 6.07) is 8.06. The van der Waals surface area contributed by atoms with Crippen LogP contribution in [0.15, 0.2) is 24.3 Å². The Morgan fingerprint density at radius 3 is 2.60 bits per heavy atom. The Kier molecular flexibility index (Phi) is 2.75. The normalized spacial score (nSPS) is 28.1. The van der Waals surface area contributed by atoms with E-state index in [-0.39, 0.29) is 11.5 Å². The van der Waals surface area contributed by atoms with E-state index in [0.717, 1.165) is 25.2 Å². The first-order valence-electron chi connectivity index (χ1n) is 7.14. The highest BCUT2D eigenvalue weighted by atomic mass is 16.6. The fraction of sp³-hybridized carbons (Fsp3) is 0.562. The lowest BCUT2D eigenvalue weighted by Gasteiger charge is -2.26. The number of benzene rings is 1. The van der Waals surface area contributed by atoms with Gasteiger partial charge in [-0.15, -0.1) is 0 Å². The molecule has 4 heteroatoms. The molecule has 1 aliphatic carbocycles. The zero-order valence-electron chi connectivity index (χ0n) is 12.3. The average Bonchev–Trinajstić information content (AvgIpc) is 2.90. The highest BCUT2D eigenvalue weighted by molar-refractivity contribution is 5.70. The molecule has 1 aromatic rings. The first kappa shape index (κ1) is 13.3. The molecule has 108 valence electrons. The minimum atomic E-state index is -0.432. The van der Waals surface area contributed by atoms with Crippen molar-refractivity contribution in [3.63, 3.8) is 0 Å². The van der Waals surface area contributed by atoms with Crippen LogP contribution in [-0.2, 0) is 10.2 Å². The molecular formula is C16H22N2O2. The number of nitrogens with zero attached hydrogens (tertiary/aromatic N) is 1. The molecule has 2 N–H and O–H groups in total. The third-order valence-corrected chi connectivity index (χ3v) is 4.28. The van der Waals surface area contributed by atoms with Crippen molar-refractivity contribution in [3.8, 4) is 0 Å². The van der Waals surface area contributed by atoms with E-state index in [1.807, 2.05) is 37.8 Å². The van der Waals surface area contributed by atoms with Crippen LogP contribution < -0.4 is 5.73 Å².